The number of carbonyl (C=O) groups is 2. The number of hydrogen-bond donors (Lipinski definition) is 2. The molecule has 1 unspecified atom stereocenters. The molecule has 27 heavy (non-hydrogen) atoms. The molecular weight excluding hydrogens is 344 g/mol. The van der Waals surface area contributed by atoms with Gasteiger partial charge in [0, 0.05) is 25.4 Å². The van der Waals surface area contributed by atoms with Crippen LogP contribution in [0.1, 0.15) is 97.3 Å². The van der Waals surface area contributed by atoms with E-state index in [1.165, 1.54) is 0 Å². The van der Waals surface area contributed by atoms with E-state index in [0.29, 0.717) is 25.2 Å². The van der Waals surface area contributed by atoms with Crippen LogP contribution in [0.2, 0.25) is 0 Å². The summed E-state index contributed by atoms with van der Waals surface area (Å²) < 4.78 is 5.86. The van der Waals surface area contributed by atoms with E-state index in [9.17, 15) is 14.7 Å². The molecule has 5 nitrogen and oxygen atoms in total. The Balaban J connectivity index is 2.41. The first kappa shape index (κ1) is 24.1. The summed E-state index contributed by atoms with van der Waals surface area (Å²) in [5.41, 5.74) is 0. The fourth-order valence-corrected chi connectivity index (χ4v) is 4.32. The third kappa shape index (κ3) is 9.70. The van der Waals surface area contributed by atoms with Crippen molar-refractivity contribution in [2.24, 2.45) is 11.8 Å². The number of Topliss-reactive ketones (excluding diaryl/α,β-unsaturated/α-hetero) is 1. The predicted molar refractivity (Wildman–Crippen MR) is 107 cm³/mol. The summed E-state index contributed by atoms with van der Waals surface area (Å²) in [4.78, 5) is 23.1. The van der Waals surface area contributed by atoms with E-state index in [1.807, 2.05) is 6.92 Å². The van der Waals surface area contributed by atoms with E-state index < -0.39 is 5.97 Å². The Morgan fingerprint density at radius 3 is 2.44 bits per heavy atom. The van der Waals surface area contributed by atoms with Crippen LogP contribution < -0.4 is 0 Å². The normalized spacial score (nSPS) is 23.7. The number of aliphatic carboxylic acids is 1. The molecule has 0 heterocycles. The smallest absolute Gasteiger partial charge is 0.303 e. The van der Waals surface area contributed by atoms with Crippen molar-refractivity contribution in [3.8, 4) is 0 Å². The first-order valence-electron chi connectivity index (χ1n) is 11.0. The molecule has 0 aliphatic heterocycles. The van der Waals surface area contributed by atoms with Crippen LogP contribution in [0.25, 0.3) is 0 Å². The second-order valence-electron chi connectivity index (χ2n) is 8.01. The fraction of sp³-hybridized carbons (Fsp3) is 0.909. The van der Waals surface area contributed by atoms with Crippen molar-refractivity contribution < 1.29 is 24.5 Å². The lowest BCUT2D eigenvalue weighted by Gasteiger charge is -2.24. The van der Waals surface area contributed by atoms with Crippen LogP contribution in [0.4, 0.5) is 0 Å². The molecule has 2 N–H and O–H groups in total. The number of ether oxygens (including phenoxy) is 1. The highest BCUT2D eigenvalue weighted by atomic mass is 16.5. The van der Waals surface area contributed by atoms with Gasteiger partial charge in [0.1, 0.15) is 5.78 Å². The lowest BCUT2D eigenvalue weighted by Crippen LogP contribution is -2.24. The Bertz CT molecular complexity index is 423. The summed E-state index contributed by atoms with van der Waals surface area (Å²) in [6.45, 7) is 4.75. The Kier molecular flexibility index (Phi) is 12.6. The van der Waals surface area contributed by atoms with Crippen molar-refractivity contribution in [1.82, 2.24) is 0 Å². The molecule has 1 aliphatic rings. The van der Waals surface area contributed by atoms with Gasteiger partial charge in [-0.1, -0.05) is 45.4 Å². The standard InChI is InChI=1S/C22H40O5/c1-3-5-11-17(23)12-10-14-19-18(20(24)16-21(19)27-4-2)13-8-6-7-9-15-22(25)26/h17-19,21,23H,3-16H2,1-2H3,(H,25,26)/t17?,18-,19-,21-/m1/s1. The quantitative estimate of drug-likeness (QED) is 0.375. The van der Waals surface area contributed by atoms with Crippen molar-refractivity contribution in [3.05, 3.63) is 0 Å². The minimum absolute atomic E-state index is 0.0345. The Hall–Kier alpha value is -0.940. The summed E-state index contributed by atoms with van der Waals surface area (Å²) in [6, 6.07) is 0. The number of carbonyl (C=O) groups excluding carboxylic acids is 1. The van der Waals surface area contributed by atoms with Gasteiger partial charge in [-0.15, -0.1) is 0 Å². The van der Waals surface area contributed by atoms with E-state index in [-0.39, 0.29) is 30.5 Å². The minimum atomic E-state index is -0.735. The summed E-state index contributed by atoms with van der Waals surface area (Å²) in [5.74, 6) is -0.0547. The van der Waals surface area contributed by atoms with Gasteiger partial charge in [-0.05, 0) is 44.9 Å². The van der Waals surface area contributed by atoms with E-state index in [0.717, 1.165) is 64.2 Å². The first-order valence-corrected chi connectivity index (χ1v) is 11.0. The van der Waals surface area contributed by atoms with Crippen molar-refractivity contribution in [2.75, 3.05) is 6.61 Å². The van der Waals surface area contributed by atoms with Gasteiger partial charge in [0.05, 0.1) is 12.2 Å². The second-order valence-corrected chi connectivity index (χ2v) is 8.01. The molecule has 1 saturated carbocycles. The molecule has 0 aromatic carbocycles. The molecule has 1 aliphatic carbocycles. The molecule has 1 fully saturated rings. The number of aliphatic hydroxyl groups is 1. The van der Waals surface area contributed by atoms with Gasteiger partial charge in [-0.3, -0.25) is 9.59 Å². The zero-order valence-corrected chi connectivity index (χ0v) is 17.3. The van der Waals surface area contributed by atoms with Gasteiger partial charge in [0.15, 0.2) is 0 Å². The summed E-state index contributed by atoms with van der Waals surface area (Å²) in [7, 11) is 0. The number of aliphatic hydroxyl groups excluding tert-OH is 1. The van der Waals surface area contributed by atoms with Crippen molar-refractivity contribution in [1.29, 1.82) is 0 Å². The largest absolute Gasteiger partial charge is 0.481 e. The highest BCUT2D eigenvalue weighted by Gasteiger charge is 2.41. The molecule has 158 valence electrons. The van der Waals surface area contributed by atoms with Crippen LogP contribution in [0.15, 0.2) is 0 Å². The first-order chi connectivity index (χ1) is 13.0. The number of hydrogen-bond acceptors (Lipinski definition) is 4. The van der Waals surface area contributed by atoms with Crippen LogP contribution in [0, 0.1) is 11.8 Å². The van der Waals surface area contributed by atoms with Crippen molar-refractivity contribution in [2.45, 2.75) is 110 Å². The van der Waals surface area contributed by atoms with Crippen LogP contribution in [0.3, 0.4) is 0 Å². The molecule has 0 saturated heterocycles. The second kappa shape index (κ2) is 14.1. The monoisotopic (exact) mass is 384 g/mol. The molecule has 0 radical (unpaired) electrons. The van der Waals surface area contributed by atoms with Gasteiger partial charge >= 0.3 is 5.97 Å². The molecule has 0 bridgehead atoms. The Morgan fingerprint density at radius 2 is 1.78 bits per heavy atom. The number of rotatable bonds is 16. The maximum absolute atomic E-state index is 12.5. The summed E-state index contributed by atoms with van der Waals surface area (Å²) in [6.07, 6.45) is 10.8. The molecule has 0 aromatic rings. The molecule has 5 heteroatoms. The number of carboxylic acids is 1. The van der Waals surface area contributed by atoms with Gasteiger partial charge in [0.25, 0.3) is 0 Å². The fourth-order valence-electron chi connectivity index (χ4n) is 4.32. The third-order valence-electron chi connectivity index (χ3n) is 5.81. The zero-order valence-electron chi connectivity index (χ0n) is 17.3. The van der Waals surface area contributed by atoms with Crippen LogP contribution in [-0.4, -0.2) is 40.8 Å². The van der Waals surface area contributed by atoms with Gasteiger partial charge < -0.3 is 14.9 Å². The van der Waals surface area contributed by atoms with Crippen molar-refractivity contribution in [3.63, 3.8) is 0 Å². The zero-order chi connectivity index (χ0) is 20.1. The van der Waals surface area contributed by atoms with Gasteiger partial charge in [-0.2, -0.15) is 0 Å². The third-order valence-corrected chi connectivity index (χ3v) is 5.81. The molecule has 0 spiro atoms. The molecule has 0 amide bonds. The SMILES string of the molecule is CCCCC(O)CCC[C@H]1[C@H](OCC)CC(=O)[C@@H]1CCCCCCC(=O)O. The summed E-state index contributed by atoms with van der Waals surface area (Å²) >= 11 is 0. The van der Waals surface area contributed by atoms with Crippen LogP contribution in [0.5, 0.6) is 0 Å². The maximum atomic E-state index is 12.5. The molecular formula is C22H40O5. The van der Waals surface area contributed by atoms with Gasteiger partial charge in [0.2, 0.25) is 0 Å². The highest BCUT2D eigenvalue weighted by Crippen LogP contribution is 2.38. The number of carboxylic acid groups (broad SMARTS) is 1. The summed E-state index contributed by atoms with van der Waals surface area (Å²) in [5, 5.41) is 18.7. The van der Waals surface area contributed by atoms with Gasteiger partial charge in [-0.25, -0.2) is 0 Å². The van der Waals surface area contributed by atoms with E-state index in [2.05, 4.69) is 6.92 Å². The van der Waals surface area contributed by atoms with E-state index >= 15 is 0 Å². The predicted octanol–water partition coefficient (Wildman–Crippen LogP) is 4.74. The minimum Gasteiger partial charge on any atom is -0.481 e. The van der Waals surface area contributed by atoms with Crippen LogP contribution >= 0.6 is 0 Å². The Labute approximate surface area is 164 Å². The molecule has 1 rings (SSSR count). The lowest BCUT2D eigenvalue weighted by molar-refractivity contribution is -0.137. The highest BCUT2D eigenvalue weighted by molar-refractivity contribution is 5.84. The lowest BCUT2D eigenvalue weighted by atomic mass is 9.85. The van der Waals surface area contributed by atoms with E-state index in [1.54, 1.807) is 0 Å². The topological polar surface area (TPSA) is 83.8 Å². The van der Waals surface area contributed by atoms with Crippen LogP contribution in [-0.2, 0) is 14.3 Å². The average Bonchev–Trinajstić information content (AvgIpc) is 2.91. The maximum Gasteiger partial charge on any atom is 0.303 e. The Morgan fingerprint density at radius 1 is 1.07 bits per heavy atom. The molecule has 0 aromatic heterocycles. The van der Waals surface area contributed by atoms with E-state index in [4.69, 9.17) is 9.84 Å². The van der Waals surface area contributed by atoms with Crippen molar-refractivity contribution >= 4 is 11.8 Å². The molecule has 4 atom stereocenters. The average molecular weight is 385 g/mol. The number of ketones is 1. The number of unbranched alkanes of at least 4 members (excludes halogenated alkanes) is 4.